The van der Waals surface area contributed by atoms with Gasteiger partial charge in [0.1, 0.15) is 29.3 Å². The van der Waals surface area contributed by atoms with Crippen molar-refractivity contribution in [3.05, 3.63) is 83.1 Å². The van der Waals surface area contributed by atoms with E-state index in [0.717, 1.165) is 24.6 Å². The predicted octanol–water partition coefficient (Wildman–Crippen LogP) is 6.04. The van der Waals surface area contributed by atoms with E-state index in [-0.39, 0.29) is 6.04 Å². The van der Waals surface area contributed by atoms with Gasteiger partial charge in [-0.2, -0.15) is 0 Å². The summed E-state index contributed by atoms with van der Waals surface area (Å²) in [6.07, 6.45) is 3.06. The molecule has 3 heterocycles. The Bertz CT molecular complexity index is 1250. The lowest BCUT2D eigenvalue weighted by molar-refractivity contribution is 0.560. The third-order valence-corrected chi connectivity index (χ3v) is 5.69. The third kappa shape index (κ3) is 3.88. The first kappa shape index (κ1) is 19.6. The smallest absolute Gasteiger partial charge is 0.160 e. The second kappa shape index (κ2) is 8.07. The van der Waals surface area contributed by atoms with E-state index in [0.29, 0.717) is 39.8 Å². The topological polar surface area (TPSA) is 53.9 Å². The largest absolute Gasteiger partial charge is 0.349 e. The number of nitrogens with one attached hydrogen (secondary N) is 1. The molecular weight excluding hydrogens is 420 g/mol. The Labute approximate surface area is 182 Å². The monoisotopic (exact) mass is 437 g/mol. The number of nitrogens with zero attached hydrogens (tertiary/aromatic N) is 4. The Morgan fingerprint density at radius 3 is 2.68 bits per heavy atom. The van der Waals surface area contributed by atoms with Gasteiger partial charge in [-0.05, 0) is 67.4 Å². The summed E-state index contributed by atoms with van der Waals surface area (Å²) >= 11 is 5.97. The average Bonchev–Trinajstić information content (AvgIpc) is 3.27. The number of benzene rings is 2. The number of anilines is 3. The van der Waals surface area contributed by atoms with Crippen LogP contribution in [0.2, 0.25) is 5.02 Å². The quantitative estimate of drug-likeness (QED) is 0.421. The van der Waals surface area contributed by atoms with Gasteiger partial charge in [0, 0.05) is 22.8 Å². The maximum atomic E-state index is 14.4. The summed E-state index contributed by atoms with van der Waals surface area (Å²) in [6.45, 7) is 0.701. The molecule has 8 heteroatoms. The van der Waals surface area contributed by atoms with Crippen LogP contribution < -0.4 is 10.2 Å². The molecule has 1 saturated heterocycles. The van der Waals surface area contributed by atoms with E-state index < -0.39 is 11.6 Å². The van der Waals surface area contributed by atoms with Gasteiger partial charge in [0.25, 0.3) is 0 Å². The van der Waals surface area contributed by atoms with Crippen LogP contribution in [0.1, 0.15) is 24.4 Å². The molecular formula is C23H18ClF2N5. The summed E-state index contributed by atoms with van der Waals surface area (Å²) in [7, 11) is 0. The number of pyridine rings is 1. The maximum absolute atomic E-state index is 14.4. The van der Waals surface area contributed by atoms with Crippen LogP contribution in [0, 0.1) is 11.6 Å². The third-order valence-electron chi connectivity index (χ3n) is 5.44. The lowest BCUT2D eigenvalue weighted by atomic mass is 10.0. The second-order valence-corrected chi connectivity index (χ2v) is 7.85. The number of rotatable bonds is 4. The van der Waals surface area contributed by atoms with Crippen molar-refractivity contribution >= 4 is 40.0 Å². The van der Waals surface area contributed by atoms with Crippen LogP contribution in [0.15, 0.2) is 60.9 Å². The van der Waals surface area contributed by atoms with E-state index in [1.165, 1.54) is 18.5 Å². The minimum atomic E-state index is -0.447. The van der Waals surface area contributed by atoms with Gasteiger partial charge in [-0.3, -0.25) is 0 Å². The molecule has 1 unspecified atom stereocenters. The molecule has 1 fully saturated rings. The van der Waals surface area contributed by atoms with Crippen molar-refractivity contribution in [2.75, 3.05) is 16.8 Å². The van der Waals surface area contributed by atoms with Crippen LogP contribution >= 0.6 is 11.6 Å². The van der Waals surface area contributed by atoms with Crippen LogP contribution in [-0.4, -0.2) is 21.5 Å². The molecule has 0 radical (unpaired) electrons. The van der Waals surface area contributed by atoms with E-state index in [9.17, 15) is 8.78 Å². The predicted molar refractivity (Wildman–Crippen MR) is 118 cm³/mol. The van der Waals surface area contributed by atoms with Gasteiger partial charge in [0.05, 0.1) is 11.6 Å². The highest BCUT2D eigenvalue weighted by atomic mass is 35.5. The zero-order chi connectivity index (χ0) is 21.4. The van der Waals surface area contributed by atoms with E-state index in [2.05, 4.69) is 15.3 Å². The molecule has 2 aromatic heterocycles. The summed E-state index contributed by atoms with van der Waals surface area (Å²) in [5.41, 5.74) is 2.45. The van der Waals surface area contributed by atoms with E-state index in [1.54, 1.807) is 12.1 Å². The van der Waals surface area contributed by atoms with Crippen molar-refractivity contribution in [2.24, 2.45) is 0 Å². The number of aromatic nitrogens is 3. The summed E-state index contributed by atoms with van der Waals surface area (Å²) in [5, 5.41) is 3.89. The number of hydrogen-bond donors (Lipinski definition) is 1. The van der Waals surface area contributed by atoms with Crippen molar-refractivity contribution < 1.29 is 8.78 Å². The summed E-state index contributed by atoms with van der Waals surface area (Å²) in [4.78, 5) is 15.5. The minimum Gasteiger partial charge on any atom is -0.349 e. The highest BCUT2D eigenvalue weighted by Gasteiger charge is 2.30. The van der Waals surface area contributed by atoms with E-state index >= 15 is 0 Å². The standard InChI is InChI=1S/C23H18ClF2N5/c24-14-3-6-16(7-4-14)29-23-22-19(27-13-28-23)9-10-21(30-22)31-11-1-2-20(31)17-12-15(25)5-8-18(17)26/h3-10,12-13,20H,1-2,11H2,(H,27,28,29). The van der Waals surface area contributed by atoms with Crippen molar-refractivity contribution in [1.82, 2.24) is 15.0 Å². The molecule has 1 aliphatic heterocycles. The van der Waals surface area contributed by atoms with Gasteiger partial charge >= 0.3 is 0 Å². The first-order valence-corrected chi connectivity index (χ1v) is 10.3. The Hall–Kier alpha value is -3.32. The number of halogens is 3. The van der Waals surface area contributed by atoms with Crippen LogP contribution in [-0.2, 0) is 0 Å². The fraction of sp³-hybridized carbons (Fsp3) is 0.174. The SMILES string of the molecule is Fc1ccc(F)c(C2CCCN2c2ccc3ncnc(Nc4ccc(Cl)cc4)c3n2)c1. The lowest BCUT2D eigenvalue weighted by Crippen LogP contribution is -2.24. The Morgan fingerprint density at radius 2 is 1.84 bits per heavy atom. The zero-order valence-electron chi connectivity index (χ0n) is 16.4. The summed E-state index contributed by atoms with van der Waals surface area (Å²) in [5.74, 6) is 0.375. The Balaban J connectivity index is 1.53. The van der Waals surface area contributed by atoms with Crippen LogP contribution in [0.5, 0.6) is 0 Å². The van der Waals surface area contributed by atoms with Gasteiger partial charge in [0.15, 0.2) is 5.82 Å². The summed E-state index contributed by atoms with van der Waals surface area (Å²) < 4.78 is 28.2. The molecule has 0 bridgehead atoms. The van der Waals surface area contributed by atoms with E-state index in [4.69, 9.17) is 16.6 Å². The molecule has 31 heavy (non-hydrogen) atoms. The molecule has 4 aromatic rings. The van der Waals surface area contributed by atoms with Crippen LogP contribution in [0.4, 0.5) is 26.1 Å². The average molecular weight is 438 g/mol. The number of hydrogen-bond acceptors (Lipinski definition) is 5. The molecule has 1 N–H and O–H groups in total. The van der Waals surface area contributed by atoms with Crippen LogP contribution in [0.3, 0.4) is 0 Å². The van der Waals surface area contributed by atoms with Crippen molar-refractivity contribution in [1.29, 1.82) is 0 Å². The van der Waals surface area contributed by atoms with Gasteiger partial charge in [-0.1, -0.05) is 11.6 Å². The fourth-order valence-electron chi connectivity index (χ4n) is 3.99. The molecule has 0 aliphatic carbocycles. The highest BCUT2D eigenvalue weighted by molar-refractivity contribution is 6.30. The first-order chi connectivity index (χ1) is 15.1. The van der Waals surface area contributed by atoms with E-state index in [1.807, 2.05) is 29.2 Å². The van der Waals surface area contributed by atoms with Crippen molar-refractivity contribution in [2.45, 2.75) is 18.9 Å². The van der Waals surface area contributed by atoms with Gasteiger partial charge in [-0.15, -0.1) is 0 Å². The normalized spacial score (nSPS) is 16.1. The molecule has 5 rings (SSSR count). The lowest BCUT2D eigenvalue weighted by Gasteiger charge is -2.26. The van der Waals surface area contributed by atoms with Gasteiger partial charge in [-0.25, -0.2) is 23.7 Å². The molecule has 0 saturated carbocycles. The minimum absolute atomic E-state index is 0.280. The second-order valence-electron chi connectivity index (χ2n) is 7.41. The molecule has 1 atom stereocenters. The zero-order valence-corrected chi connectivity index (χ0v) is 17.2. The van der Waals surface area contributed by atoms with Gasteiger partial charge < -0.3 is 10.2 Å². The first-order valence-electron chi connectivity index (χ1n) is 9.94. The van der Waals surface area contributed by atoms with Gasteiger partial charge in [0.2, 0.25) is 0 Å². The fourth-order valence-corrected chi connectivity index (χ4v) is 4.11. The molecule has 1 aliphatic rings. The molecule has 156 valence electrons. The Morgan fingerprint density at radius 1 is 1.00 bits per heavy atom. The molecule has 0 amide bonds. The van der Waals surface area contributed by atoms with Crippen molar-refractivity contribution in [3.8, 4) is 0 Å². The van der Waals surface area contributed by atoms with Crippen LogP contribution in [0.25, 0.3) is 11.0 Å². The molecule has 5 nitrogen and oxygen atoms in total. The Kier molecular flexibility index (Phi) is 5.11. The molecule has 0 spiro atoms. The van der Waals surface area contributed by atoms with Crippen molar-refractivity contribution in [3.63, 3.8) is 0 Å². The summed E-state index contributed by atoms with van der Waals surface area (Å²) in [6, 6.07) is 14.3. The maximum Gasteiger partial charge on any atom is 0.160 e. The molecule has 2 aromatic carbocycles. The highest BCUT2D eigenvalue weighted by Crippen LogP contribution is 2.37. The number of fused-ring (bicyclic) bond motifs is 1.